The van der Waals surface area contributed by atoms with E-state index in [2.05, 4.69) is 9.36 Å². The van der Waals surface area contributed by atoms with Gasteiger partial charge >= 0.3 is 4.87 Å². The molecule has 0 unspecified atom stereocenters. The Bertz CT molecular complexity index is 201. The van der Waals surface area contributed by atoms with Crippen LogP contribution in [0, 0.1) is 6.92 Å². The van der Waals surface area contributed by atoms with Crippen molar-refractivity contribution in [2.24, 2.45) is 0 Å². The predicted molar refractivity (Wildman–Crippen MR) is 26.1 cm³/mol. The lowest BCUT2D eigenvalue weighted by Gasteiger charge is -1.65. The number of H-pyrrole nitrogens is 1. The average molecular weight is 114 g/mol. The largest absolute Gasteiger partial charge is 0.323 e. The molecule has 0 aliphatic rings. The van der Waals surface area contributed by atoms with Crippen molar-refractivity contribution >= 4 is 11.5 Å². The molecule has 0 saturated heterocycles. The molecule has 0 atom stereocenters. The smallest absolute Gasteiger partial charge is 0.299 e. The predicted octanol–water partition coefficient (Wildman–Crippen LogP) is -0.109. The third-order valence-corrected chi connectivity index (χ3v) is 1.01. The van der Waals surface area contributed by atoms with E-state index in [-0.39, 0.29) is 10.7 Å². The molecule has 4 heteroatoms. The molecule has 2 radical (unpaired) electrons. The molecule has 0 aliphatic heterocycles. The molecule has 0 aliphatic carbocycles. The molecule has 1 rings (SSSR count). The highest BCUT2D eigenvalue weighted by molar-refractivity contribution is 7.02. The van der Waals surface area contributed by atoms with E-state index in [1.807, 2.05) is 0 Å². The quantitative estimate of drug-likeness (QED) is 0.511. The Morgan fingerprint density at radius 3 is 2.71 bits per heavy atom. The highest BCUT2D eigenvalue weighted by Crippen LogP contribution is 1.79. The second-order valence-corrected chi connectivity index (χ2v) is 1.72. The summed E-state index contributed by atoms with van der Waals surface area (Å²) in [5.41, 5.74) is 0. The Kier molecular flexibility index (Phi) is 0.941. The van der Waals surface area contributed by atoms with Gasteiger partial charge in [-0.25, -0.2) is 0 Å². The van der Waals surface area contributed by atoms with Crippen LogP contribution in [-0.2, 0) is 0 Å². The molecule has 1 aromatic heterocycles. The minimum absolute atomic E-state index is 0.190. The number of nitrogens with zero attached hydrogens (tertiary/aromatic N) is 1. The Balaban J connectivity index is 3.30. The van der Waals surface area contributed by atoms with Gasteiger partial charge in [-0.2, -0.15) is 4.37 Å². The Hall–Kier alpha value is -0.640. The van der Waals surface area contributed by atoms with E-state index in [9.17, 15) is 4.79 Å². The SMILES string of the molecule is [CH]c1nsc(=O)[nH]1. The van der Waals surface area contributed by atoms with Gasteiger partial charge in [0, 0.05) is 18.5 Å². The highest BCUT2D eigenvalue weighted by Gasteiger charge is 1.85. The molecule has 36 valence electrons. The molecule has 0 bridgehead atoms. The Labute approximate surface area is 44.2 Å². The van der Waals surface area contributed by atoms with Crippen molar-refractivity contribution in [1.29, 1.82) is 0 Å². The van der Waals surface area contributed by atoms with Gasteiger partial charge in [-0.05, 0) is 0 Å². The van der Waals surface area contributed by atoms with Crippen LogP contribution in [0.4, 0.5) is 0 Å². The summed E-state index contributed by atoms with van der Waals surface area (Å²) < 4.78 is 3.47. The number of aromatic amines is 1. The Morgan fingerprint density at radius 1 is 1.86 bits per heavy atom. The average Bonchev–Trinajstić information content (AvgIpc) is 1.87. The molecule has 1 heterocycles. The number of hydrogen-bond donors (Lipinski definition) is 1. The van der Waals surface area contributed by atoms with Crippen LogP contribution in [0.15, 0.2) is 4.79 Å². The molecule has 0 amide bonds. The molecular weight excluding hydrogens is 112 g/mol. The van der Waals surface area contributed by atoms with Crippen LogP contribution < -0.4 is 4.87 Å². The summed E-state index contributed by atoms with van der Waals surface area (Å²) in [6, 6.07) is 0. The van der Waals surface area contributed by atoms with Crippen molar-refractivity contribution < 1.29 is 0 Å². The van der Waals surface area contributed by atoms with E-state index in [4.69, 9.17) is 6.92 Å². The number of rotatable bonds is 0. The molecule has 7 heavy (non-hydrogen) atoms. The zero-order valence-corrected chi connectivity index (χ0v) is 4.16. The van der Waals surface area contributed by atoms with Crippen molar-refractivity contribution in [2.75, 3.05) is 0 Å². The van der Waals surface area contributed by atoms with Gasteiger partial charge in [0.15, 0.2) is 0 Å². The second kappa shape index (κ2) is 1.46. The van der Waals surface area contributed by atoms with E-state index >= 15 is 0 Å². The summed E-state index contributed by atoms with van der Waals surface area (Å²) in [7, 11) is 0. The zero-order chi connectivity index (χ0) is 5.28. The van der Waals surface area contributed by atoms with Crippen LogP contribution in [0.1, 0.15) is 5.82 Å². The normalized spacial score (nSPS) is 9.29. The summed E-state index contributed by atoms with van der Waals surface area (Å²) in [5.74, 6) is 0.190. The van der Waals surface area contributed by atoms with E-state index < -0.39 is 0 Å². The van der Waals surface area contributed by atoms with Crippen LogP contribution in [0.5, 0.6) is 0 Å². The van der Waals surface area contributed by atoms with E-state index in [0.29, 0.717) is 0 Å². The lowest BCUT2D eigenvalue weighted by molar-refractivity contribution is 1.21. The van der Waals surface area contributed by atoms with E-state index in [0.717, 1.165) is 11.5 Å². The molecular formula is C3H2N2OS. The second-order valence-electron chi connectivity index (χ2n) is 0.980. The fourth-order valence-corrected chi connectivity index (χ4v) is 0.618. The van der Waals surface area contributed by atoms with Crippen LogP contribution in [0.2, 0.25) is 0 Å². The van der Waals surface area contributed by atoms with Gasteiger partial charge in [0.25, 0.3) is 0 Å². The van der Waals surface area contributed by atoms with Crippen molar-refractivity contribution in [3.63, 3.8) is 0 Å². The lowest BCUT2D eigenvalue weighted by atomic mass is 10.8. The molecule has 1 N–H and O–H groups in total. The van der Waals surface area contributed by atoms with E-state index in [1.54, 1.807) is 0 Å². The van der Waals surface area contributed by atoms with Crippen molar-refractivity contribution in [2.45, 2.75) is 0 Å². The molecule has 3 nitrogen and oxygen atoms in total. The zero-order valence-electron chi connectivity index (χ0n) is 3.34. The minimum atomic E-state index is -0.211. The van der Waals surface area contributed by atoms with Crippen LogP contribution in [0.3, 0.4) is 0 Å². The molecule has 0 aromatic carbocycles. The van der Waals surface area contributed by atoms with E-state index in [1.165, 1.54) is 0 Å². The molecule has 0 saturated carbocycles. The molecule has 0 fully saturated rings. The maximum atomic E-state index is 10.1. The van der Waals surface area contributed by atoms with Crippen molar-refractivity contribution in [3.05, 3.63) is 22.4 Å². The summed E-state index contributed by atoms with van der Waals surface area (Å²) in [6.45, 7) is 5.02. The number of aromatic nitrogens is 2. The number of nitrogens with one attached hydrogen (secondary N) is 1. The van der Waals surface area contributed by atoms with Gasteiger partial charge in [-0.3, -0.25) is 9.78 Å². The maximum Gasteiger partial charge on any atom is 0.323 e. The topological polar surface area (TPSA) is 45.8 Å². The van der Waals surface area contributed by atoms with Gasteiger partial charge in [0.2, 0.25) is 0 Å². The minimum Gasteiger partial charge on any atom is -0.299 e. The highest BCUT2D eigenvalue weighted by atomic mass is 32.1. The summed E-state index contributed by atoms with van der Waals surface area (Å²) in [4.78, 5) is 12.2. The van der Waals surface area contributed by atoms with Gasteiger partial charge in [-0.15, -0.1) is 0 Å². The van der Waals surface area contributed by atoms with Gasteiger partial charge in [0.05, 0.1) is 0 Å². The van der Waals surface area contributed by atoms with Crippen LogP contribution in [-0.4, -0.2) is 9.36 Å². The first-order valence-corrected chi connectivity index (χ1v) is 2.38. The van der Waals surface area contributed by atoms with Crippen molar-refractivity contribution in [1.82, 2.24) is 9.36 Å². The first-order valence-electron chi connectivity index (χ1n) is 1.60. The first kappa shape index (κ1) is 4.52. The fourth-order valence-electron chi connectivity index (χ4n) is 0.241. The summed E-state index contributed by atoms with van der Waals surface area (Å²) >= 11 is 0.818. The lowest BCUT2D eigenvalue weighted by Crippen LogP contribution is -1.90. The molecule has 0 spiro atoms. The third-order valence-electron chi connectivity index (χ3n) is 0.457. The molecule has 1 aromatic rings. The standard InChI is InChI=1S/C3H2N2OS/c1-2-4-3(6)7-5-2/h1H,(H,4,5,6). The van der Waals surface area contributed by atoms with Gasteiger partial charge in [0.1, 0.15) is 5.82 Å². The summed E-state index contributed by atoms with van der Waals surface area (Å²) in [6.07, 6.45) is 0. The number of hydrogen-bond acceptors (Lipinski definition) is 3. The fraction of sp³-hybridized carbons (Fsp3) is 0. The van der Waals surface area contributed by atoms with Crippen molar-refractivity contribution in [3.8, 4) is 0 Å². The monoisotopic (exact) mass is 114 g/mol. The van der Waals surface area contributed by atoms with Gasteiger partial charge in [-0.1, -0.05) is 0 Å². The van der Waals surface area contributed by atoms with Crippen LogP contribution >= 0.6 is 11.5 Å². The van der Waals surface area contributed by atoms with Crippen LogP contribution in [0.25, 0.3) is 0 Å². The Morgan fingerprint density at radius 2 is 2.57 bits per heavy atom. The first-order chi connectivity index (χ1) is 3.29. The van der Waals surface area contributed by atoms with Gasteiger partial charge < -0.3 is 0 Å². The summed E-state index contributed by atoms with van der Waals surface area (Å²) in [5, 5.41) is 0. The maximum absolute atomic E-state index is 10.1. The third kappa shape index (κ3) is 0.866.